The molecule has 18 heavy (non-hydrogen) atoms. The minimum atomic E-state index is -5.67. The van der Waals surface area contributed by atoms with Crippen LogP contribution in [-0.4, -0.2) is 28.6 Å². The van der Waals surface area contributed by atoms with Crippen molar-refractivity contribution in [2.24, 2.45) is 5.92 Å². The maximum Gasteiger partial charge on any atom is 0.409 e. The standard InChI is InChI=1S/C9H12BrF6NO/c1-4(10)7(2,3)17-6(18)5(8(11,12)13)9(14,15)16/h4-5H,1-3H3,(H,17,18). The molecule has 2 nitrogen and oxygen atoms in total. The minimum absolute atomic E-state index is 0.504. The highest BCUT2D eigenvalue weighted by Crippen LogP contribution is 2.39. The lowest BCUT2D eigenvalue weighted by Gasteiger charge is -2.32. The quantitative estimate of drug-likeness (QED) is 0.617. The summed E-state index contributed by atoms with van der Waals surface area (Å²) in [5.74, 6) is -6.12. The van der Waals surface area contributed by atoms with Crippen molar-refractivity contribution in [1.29, 1.82) is 0 Å². The molecule has 0 saturated carbocycles. The molecule has 0 aliphatic carbocycles. The monoisotopic (exact) mass is 343 g/mol. The van der Waals surface area contributed by atoms with Crippen LogP contribution >= 0.6 is 15.9 Å². The zero-order valence-corrected chi connectivity index (χ0v) is 11.3. The van der Waals surface area contributed by atoms with Gasteiger partial charge < -0.3 is 5.32 Å². The first-order chi connectivity index (χ1) is 7.69. The molecular formula is C9H12BrF6NO. The molecule has 1 amide bonds. The largest absolute Gasteiger partial charge is 0.409 e. The molecule has 0 aromatic heterocycles. The lowest BCUT2D eigenvalue weighted by atomic mass is 9.99. The third kappa shape index (κ3) is 4.66. The fourth-order valence-corrected chi connectivity index (χ4v) is 1.09. The number of carbonyl (C=O) groups excluding carboxylic acids is 1. The Balaban J connectivity index is 5.15. The molecular weight excluding hydrogens is 332 g/mol. The molecule has 0 aromatic rings. The van der Waals surface area contributed by atoms with Gasteiger partial charge in [0.25, 0.3) is 0 Å². The van der Waals surface area contributed by atoms with Crippen LogP contribution in [0, 0.1) is 5.92 Å². The van der Waals surface area contributed by atoms with Gasteiger partial charge in [0, 0.05) is 10.4 Å². The molecule has 1 N–H and O–H groups in total. The van der Waals surface area contributed by atoms with Gasteiger partial charge in [-0.15, -0.1) is 0 Å². The second-order valence-electron chi connectivity index (χ2n) is 4.34. The Bertz CT molecular complexity index is 295. The Kier molecular flexibility index (Phi) is 5.12. The molecule has 0 heterocycles. The van der Waals surface area contributed by atoms with Crippen LogP contribution in [-0.2, 0) is 4.79 Å². The minimum Gasteiger partial charge on any atom is -0.349 e. The van der Waals surface area contributed by atoms with Gasteiger partial charge in [0.2, 0.25) is 11.8 Å². The SMILES string of the molecule is CC(Br)C(C)(C)NC(=O)C(C(F)(F)F)C(F)(F)F. The van der Waals surface area contributed by atoms with E-state index in [-0.39, 0.29) is 0 Å². The topological polar surface area (TPSA) is 29.1 Å². The van der Waals surface area contributed by atoms with E-state index in [1.165, 1.54) is 20.8 Å². The molecule has 0 fully saturated rings. The molecule has 0 aliphatic heterocycles. The Hall–Kier alpha value is -0.470. The normalized spacial score (nSPS) is 15.7. The van der Waals surface area contributed by atoms with Crippen LogP contribution in [0.15, 0.2) is 0 Å². The van der Waals surface area contributed by atoms with E-state index in [1.54, 1.807) is 5.32 Å². The summed E-state index contributed by atoms with van der Waals surface area (Å²) in [5.41, 5.74) is -1.24. The molecule has 1 unspecified atom stereocenters. The van der Waals surface area contributed by atoms with Gasteiger partial charge in [-0.2, -0.15) is 26.3 Å². The number of hydrogen-bond donors (Lipinski definition) is 1. The van der Waals surface area contributed by atoms with E-state index < -0.39 is 34.5 Å². The summed E-state index contributed by atoms with van der Waals surface area (Å²) in [4.78, 5) is 10.7. The average Bonchev–Trinajstić information content (AvgIpc) is 1.94. The van der Waals surface area contributed by atoms with E-state index in [0.717, 1.165) is 0 Å². The van der Waals surface area contributed by atoms with E-state index >= 15 is 0 Å². The molecule has 0 bridgehead atoms. The fourth-order valence-electron chi connectivity index (χ4n) is 0.972. The summed E-state index contributed by atoms with van der Waals surface area (Å²) in [6.07, 6.45) is -11.3. The van der Waals surface area contributed by atoms with Gasteiger partial charge in [-0.1, -0.05) is 22.9 Å². The number of halogens is 7. The predicted octanol–water partition coefficient (Wildman–Crippen LogP) is 3.41. The highest BCUT2D eigenvalue weighted by Gasteiger charge is 2.61. The molecule has 0 aliphatic rings. The van der Waals surface area contributed by atoms with Crippen molar-refractivity contribution >= 4 is 21.8 Å². The summed E-state index contributed by atoms with van der Waals surface area (Å²) in [7, 11) is 0. The van der Waals surface area contributed by atoms with Crippen LogP contribution in [0.25, 0.3) is 0 Å². The third-order valence-corrected chi connectivity index (χ3v) is 3.50. The molecule has 0 spiro atoms. The van der Waals surface area contributed by atoms with Gasteiger partial charge in [-0.25, -0.2) is 0 Å². The van der Waals surface area contributed by atoms with E-state index in [9.17, 15) is 31.1 Å². The van der Waals surface area contributed by atoms with Crippen molar-refractivity contribution in [3.63, 3.8) is 0 Å². The van der Waals surface area contributed by atoms with Crippen LogP contribution in [0.5, 0.6) is 0 Å². The third-order valence-electron chi connectivity index (χ3n) is 2.36. The van der Waals surface area contributed by atoms with Crippen molar-refractivity contribution in [2.75, 3.05) is 0 Å². The van der Waals surface area contributed by atoms with Gasteiger partial charge in [-0.05, 0) is 13.8 Å². The maximum atomic E-state index is 12.3. The fraction of sp³-hybridized carbons (Fsp3) is 0.889. The van der Waals surface area contributed by atoms with Crippen LogP contribution in [0.1, 0.15) is 20.8 Å². The Labute approximate surface area is 108 Å². The molecule has 0 radical (unpaired) electrons. The van der Waals surface area contributed by atoms with Gasteiger partial charge in [0.1, 0.15) is 0 Å². The highest BCUT2D eigenvalue weighted by molar-refractivity contribution is 9.09. The van der Waals surface area contributed by atoms with Crippen LogP contribution < -0.4 is 5.32 Å². The Morgan fingerprint density at radius 1 is 1.06 bits per heavy atom. The van der Waals surface area contributed by atoms with E-state index in [1.807, 2.05) is 0 Å². The second-order valence-corrected chi connectivity index (χ2v) is 5.72. The van der Waals surface area contributed by atoms with Crippen molar-refractivity contribution in [3.8, 4) is 0 Å². The summed E-state index contributed by atoms with van der Waals surface area (Å²) >= 11 is 3.00. The number of alkyl halides is 7. The second kappa shape index (κ2) is 5.26. The number of amides is 1. The lowest BCUT2D eigenvalue weighted by Crippen LogP contribution is -2.56. The number of rotatable bonds is 3. The van der Waals surface area contributed by atoms with E-state index in [4.69, 9.17) is 0 Å². The van der Waals surface area contributed by atoms with Gasteiger partial charge >= 0.3 is 12.4 Å². The summed E-state index contributed by atoms with van der Waals surface area (Å²) in [6, 6.07) is 0. The molecule has 1 atom stereocenters. The maximum absolute atomic E-state index is 12.3. The summed E-state index contributed by atoms with van der Waals surface area (Å²) < 4.78 is 73.5. The van der Waals surface area contributed by atoms with Crippen molar-refractivity contribution < 1.29 is 31.1 Å². The van der Waals surface area contributed by atoms with Gasteiger partial charge in [-0.3, -0.25) is 4.79 Å². The molecule has 9 heteroatoms. The summed E-state index contributed by atoms with van der Waals surface area (Å²) in [6.45, 7) is 4.12. The first-order valence-corrected chi connectivity index (χ1v) is 5.70. The first-order valence-electron chi connectivity index (χ1n) is 4.79. The Morgan fingerprint density at radius 2 is 1.39 bits per heavy atom. The first kappa shape index (κ1) is 17.5. The zero-order chi connectivity index (χ0) is 14.9. The highest BCUT2D eigenvalue weighted by atomic mass is 79.9. The van der Waals surface area contributed by atoms with Crippen molar-refractivity contribution in [1.82, 2.24) is 5.32 Å². The van der Waals surface area contributed by atoms with E-state index in [0.29, 0.717) is 0 Å². The van der Waals surface area contributed by atoms with Crippen molar-refractivity contribution in [2.45, 2.75) is 43.5 Å². The Morgan fingerprint density at radius 3 is 1.61 bits per heavy atom. The molecule has 0 aromatic carbocycles. The average molecular weight is 344 g/mol. The van der Waals surface area contributed by atoms with Crippen LogP contribution in [0.4, 0.5) is 26.3 Å². The number of nitrogens with one attached hydrogen (secondary N) is 1. The smallest absolute Gasteiger partial charge is 0.349 e. The van der Waals surface area contributed by atoms with Crippen molar-refractivity contribution in [3.05, 3.63) is 0 Å². The molecule has 0 rings (SSSR count). The predicted molar refractivity (Wildman–Crippen MR) is 56.2 cm³/mol. The van der Waals surface area contributed by atoms with Gasteiger partial charge in [0.05, 0.1) is 0 Å². The van der Waals surface area contributed by atoms with Crippen LogP contribution in [0.3, 0.4) is 0 Å². The number of carbonyl (C=O) groups is 1. The molecule has 108 valence electrons. The number of hydrogen-bond acceptors (Lipinski definition) is 1. The summed E-state index contributed by atoms with van der Waals surface area (Å²) in [5, 5.41) is 1.74. The lowest BCUT2D eigenvalue weighted by molar-refractivity contribution is -0.274. The molecule has 0 saturated heterocycles. The van der Waals surface area contributed by atoms with Gasteiger partial charge in [0.15, 0.2) is 0 Å². The van der Waals surface area contributed by atoms with E-state index in [2.05, 4.69) is 15.9 Å². The van der Waals surface area contributed by atoms with Crippen LogP contribution in [0.2, 0.25) is 0 Å². The zero-order valence-electron chi connectivity index (χ0n) is 9.71.